The van der Waals surface area contributed by atoms with Crippen LogP contribution in [-0.4, -0.2) is 42.4 Å². The Bertz CT molecular complexity index is 746. The van der Waals surface area contributed by atoms with Crippen molar-refractivity contribution in [1.82, 2.24) is 19.5 Å². The van der Waals surface area contributed by atoms with E-state index in [1.807, 2.05) is 0 Å². The topological polar surface area (TPSA) is 130 Å². The number of hydrogen-bond acceptors (Lipinski definition) is 6. The molecule has 0 aromatic carbocycles. The van der Waals surface area contributed by atoms with Crippen molar-refractivity contribution in [3.05, 3.63) is 28.8 Å². The van der Waals surface area contributed by atoms with Crippen molar-refractivity contribution in [3.63, 3.8) is 0 Å². The number of aliphatic hydroxyl groups is 2. The van der Waals surface area contributed by atoms with E-state index in [-0.39, 0.29) is 61.0 Å². The van der Waals surface area contributed by atoms with Crippen LogP contribution in [0.25, 0.3) is 11.2 Å². The van der Waals surface area contributed by atoms with Crippen LogP contribution < -0.4 is 40.9 Å². The summed E-state index contributed by atoms with van der Waals surface area (Å²) in [6, 6.07) is -0.263. The van der Waals surface area contributed by atoms with Gasteiger partial charge >= 0.3 is 29.6 Å². The van der Waals surface area contributed by atoms with Crippen molar-refractivity contribution in [2.45, 2.75) is 18.6 Å². The Morgan fingerprint density at radius 2 is 2.33 bits per heavy atom. The van der Waals surface area contributed by atoms with Gasteiger partial charge in [0.1, 0.15) is 0 Å². The quantitative estimate of drug-likeness (QED) is 0.333. The molecule has 1 saturated carbocycles. The molecule has 0 aliphatic heterocycles. The largest absolute Gasteiger partial charge is 1.00 e. The third kappa shape index (κ3) is 2.53. The van der Waals surface area contributed by atoms with E-state index in [2.05, 4.69) is 21.5 Å². The van der Waals surface area contributed by atoms with Crippen LogP contribution in [0.4, 0.5) is 5.95 Å². The summed E-state index contributed by atoms with van der Waals surface area (Å²) in [5.74, 6) is -0.371. The average molecular weight is 301 g/mol. The van der Waals surface area contributed by atoms with Crippen molar-refractivity contribution in [2.24, 2.45) is 5.92 Å². The number of nitrogens with one attached hydrogen (secondary N) is 1. The molecule has 1 aliphatic rings. The number of nitrogens with two attached hydrogens (primary N) is 1. The summed E-state index contributed by atoms with van der Waals surface area (Å²) in [5, 5.41) is 19.2. The number of aliphatic hydroxyl groups excluding tert-OH is 2. The molecule has 9 heteroatoms. The summed E-state index contributed by atoms with van der Waals surface area (Å²) in [7, 11) is 0. The number of H-pyrrole nitrogens is 1. The van der Waals surface area contributed by atoms with Gasteiger partial charge < -0.3 is 21.9 Å². The van der Waals surface area contributed by atoms with Gasteiger partial charge in [0.2, 0.25) is 5.95 Å². The van der Waals surface area contributed by atoms with Crippen LogP contribution in [0.5, 0.6) is 0 Å². The zero-order valence-electron chi connectivity index (χ0n) is 12.7. The summed E-state index contributed by atoms with van der Waals surface area (Å²) >= 11 is 0. The van der Waals surface area contributed by atoms with Gasteiger partial charge in [-0.25, -0.2) is 4.98 Å². The molecule has 1 aliphatic carbocycles. The number of nitrogen functional groups attached to an aromatic ring is 1. The minimum atomic E-state index is -0.672. The van der Waals surface area contributed by atoms with Crippen LogP contribution in [0, 0.1) is 5.92 Å². The number of fused-ring (bicyclic) bond motifs is 1. The normalized spacial score (nSPS) is 25.2. The molecule has 108 valence electrons. The molecule has 2 aromatic rings. The minimum absolute atomic E-state index is 0. The van der Waals surface area contributed by atoms with Gasteiger partial charge in [-0.1, -0.05) is 6.58 Å². The van der Waals surface area contributed by atoms with Gasteiger partial charge in [0.05, 0.1) is 25.1 Å². The number of anilines is 1. The first-order chi connectivity index (χ1) is 9.52. The number of imidazole rings is 1. The Labute approximate surface area is 143 Å². The minimum Gasteiger partial charge on any atom is -1.00 e. The second-order valence-electron chi connectivity index (χ2n) is 4.96. The van der Waals surface area contributed by atoms with E-state index in [1.165, 1.54) is 6.33 Å². The maximum absolute atomic E-state index is 11.7. The fourth-order valence-corrected chi connectivity index (χ4v) is 2.74. The second kappa shape index (κ2) is 5.90. The Kier molecular flexibility index (Phi) is 4.54. The van der Waals surface area contributed by atoms with Crippen LogP contribution in [0.15, 0.2) is 23.3 Å². The van der Waals surface area contributed by atoms with Crippen LogP contribution in [0.3, 0.4) is 0 Å². The number of aromatic nitrogens is 4. The summed E-state index contributed by atoms with van der Waals surface area (Å²) in [6.45, 7) is 3.76. The first-order valence-electron chi connectivity index (χ1n) is 6.23. The predicted octanol–water partition coefficient (Wildman–Crippen LogP) is -3.71. The Hall–Kier alpha value is -1.19. The zero-order chi connectivity index (χ0) is 14.4. The fraction of sp³-hybridized carbons (Fsp3) is 0.417. The maximum Gasteiger partial charge on any atom is 1.00 e. The number of rotatable bonds is 2. The van der Waals surface area contributed by atoms with Gasteiger partial charge in [-0.3, -0.25) is 9.78 Å². The molecule has 3 rings (SSSR count). The van der Waals surface area contributed by atoms with Crippen molar-refractivity contribution >= 4 is 17.1 Å². The van der Waals surface area contributed by atoms with E-state index in [1.54, 1.807) is 4.57 Å². The molecule has 0 amide bonds. The van der Waals surface area contributed by atoms with E-state index < -0.39 is 11.7 Å². The van der Waals surface area contributed by atoms with Crippen molar-refractivity contribution < 1.29 is 41.2 Å². The molecule has 0 bridgehead atoms. The second-order valence-corrected chi connectivity index (χ2v) is 4.96. The SMILES string of the molecule is C=C1[C@H](CO)[C@@H](O)C[C@@H]1n1cnc2c(=O)[nH]c(N)nc21.[H-].[Na+]. The summed E-state index contributed by atoms with van der Waals surface area (Å²) < 4.78 is 1.67. The van der Waals surface area contributed by atoms with E-state index in [9.17, 15) is 15.0 Å². The summed E-state index contributed by atoms with van der Waals surface area (Å²) in [5.41, 5.74) is 6.37. The molecule has 0 spiro atoms. The van der Waals surface area contributed by atoms with E-state index in [0.717, 1.165) is 0 Å². The van der Waals surface area contributed by atoms with E-state index >= 15 is 0 Å². The molecule has 2 aromatic heterocycles. The Morgan fingerprint density at radius 1 is 1.62 bits per heavy atom. The first-order valence-corrected chi connectivity index (χ1v) is 6.23. The number of nitrogens with zero attached hydrogens (tertiary/aromatic N) is 3. The molecular weight excluding hydrogens is 285 g/mol. The third-order valence-corrected chi connectivity index (χ3v) is 3.82. The van der Waals surface area contributed by atoms with Gasteiger partial charge in [0, 0.05) is 5.92 Å². The molecule has 1 fully saturated rings. The molecule has 21 heavy (non-hydrogen) atoms. The molecular formula is C12H16N5NaO3. The van der Waals surface area contributed by atoms with E-state index in [0.29, 0.717) is 17.6 Å². The van der Waals surface area contributed by atoms with Gasteiger partial charge in [-0.05, 0) is 12.0 Å². The standard InChI is InChI=1S/C12H15N5O3.Na.H/c1-5-6(3-18)8(19)2-7(5)17-4-14-9-10(17)15-12(13)16-11(9)20;;/h4,6-8,18-19H,1-3H2,(H3,13,15,16,20);;/q;+1;-1/t6-,7-,8-;;/m0../s1. The van der Waals surface area contributed by atoms with Gasteiger partial charge in [0.25, 0.3) is 5.56 Å². The molecule has 2 heterocycles. The fourth-order valence-electron chi connectivity index (χ4n) is 2.74. The van der Waals surface area contributed by atoms with Gasteiger partial charge in [-0.15, -0.1) is 0 Å². The van der Waals surface area contributed by atoms with Crippen LogP contribution in [0.1, 0.15) is 13.9 Å². The van der Waals surface area contributed by atoms with Crippen LogP contribution in [-0.2, 0) is 0 Å². The van der Waals surface area contributed by atoms with Gasteiger partial charge in [-0.2, -0.15) is 4.98 Å². The van der Waals surface area contributed by atoms with Crippen LogP contribution in [0.2, 0.25) is 0 Å². The average Bonchev–Trinajstić information content (AvgIpc) is 2.91. The molecule has 0 unspecified atom stereocenters. The molecule has 3 atom stereocenters. The maximum atomic E-state index is 11.7. The smallest absolute Gasteiger partial charge is 1.00 e. The number of aromatic amines is 1. The van der Waals surface area contributed by atoms with Gasteiger partial charge in [0.15, 0.2) is 11.2 Å². The molecule has 8 nitrogen and oxygen atoms in total. The monoisotopic (exact) mass is 301 g/mol. The van der Waals surface area contributed by atoms with E-state index in [4.69, 9.17) is 5.73 Å². The predicted molar refractivity (Wildman–Crippen MR) is 73.0 cm³/mol. The summed E-state index contributed by atoms with van der Waals surface area (Å²) in [6.07, 6.45) is 1.20. The molecule has 5 N–H and O–H groups in total. The van der Waals surface area contributed by atoms with Crippen molar-refractivity contribution in [1.29, 1.82) is 0 Å². The zero-order valence-corrected chi connectivity index (χ0v) is 13.7. The Morgan fingerprint density at radius 3 is 2.95 bits per heavy atom. The van der Waals surface area contributed by atoms with Crippen molar-refractivity contribution in [2.75, 3.05) is 12.3 Å². The van der Waals surface area contributed by atoms with Crippen LogP contribution >= 0.6 is 0 Å². The number of hydrogen-bond donors (Lipinski definition) is 4. The third-order valence-electron chi connectivity index (χ3n) is 3.82. The molecule has 0 saturated heterocycles. The molecule has 0 radical (unpaired) electrons. The summed E-state index contributed by atoms with van der Waals surface area (Å²) in [4.78, 5) is 22.2. The Balaban J connectivity index is 0.00000121. The first kappa shape index (κ1) is 16.2. The van der Waals surface area contributed by atoms with Crippen molar-refractivity contribution in [3.8, 4) is 0 Å².